The molecule has 1 N–H and O–H groups in total. The normalized spacial score (nSPS) is 32.3. The first-order valence-corrected chi connectivity index (χ1v) is 13.2. The van der Waals surface area contributed by atoms with Gasteiger partial charge in [-0.15, -0.1) is 0 Å². The lowest BCUT2D eigenvalue weighted by Crippen LogP contribution is -2.40. The van der Waals surface area contributed by atoms with Gasteiger partial charge in [0.1, 0.15) is 6.61 Å². The lowest BCUT2D eigenvalue weighted by Gasteiger charge is -2.29. The molecular formula is C25H29FN2O3S. The van der Waals surface area contributed by atoms with E-state index in [2.05, 4.69) is 40.9 Å². The summed E-state index contributed by atoms with van der Waals surface area (Å²) in [7, 11) is -1.11. The molecule has 4 aliphatic rings. The first-order valence-electron chi connectivity index (χ1n) is 11.6. The number of sulfonamides is 1. The Labute approximate surface area is 189 Å². The zero-order valence-electron chi connectivity index (χ0n) is 18.3. The van der Waals surface area contributed by atoms with E-state index in [1.165, 1.54) is 11.1 Å². The van der Waals surface area contributed by atoms with E-state index in [0.29, 0.717) is 18.0 Å². The standard InChI is InChI=1S/C25H29FN2O3S/c1-28-23-24(28)25(23)15-17-13-21(26)22(31-11-10-27-32(29,30)18-8-5-9-18)14-19(17)20(25)12-16-6-3-2-4-7-16/h2-4,6-7,13-14,18,20,23-24,27H,5,8-12,15H2,1H3. The third-order valence-electron chi connectivity index (χ3n) is 8.23. The van der Waals surface area contributed by atoms with Crippen molar-refractivity contribution in [3.05, 3.63) is 65.0 Å². The Bertz CT molecular complexity index is 1140. The molecule has 2 aromatic carbocycles. The second-order valence-corrected chi connectivity index (χ2v) is 12.0. The van der Waals surface area contributed by atoms with Gasteiger partial charge in [-0.05, 0) is 67.5 Å². The highest BCUT2D eigenvalue weighted by Gasteiger charge is 2.84. The average Bonchev–Trinajstić information content (AvgIpc) is 3.57. The van der Waals surface area contributed by atoms with Crippen molar-refractivity contribution in [3.8, 4) is 5.75 Å². The van der Waals surface area contributed by atoms with Gasteiger partial charge in [0.15, 0.2) is 11.6 Å². The summed E-state index contributed by atoms with van der Waals surface area (Å²) in [4.78, 5) is 2.41. The van der Waals surface area contributed by atoms with Gasteiger partial charge < -0.3 is 4.74 Å². The van der Waals surface area contributed by atoms with Crippen molar-refractivity contribution in [2.24, 2.45) is 5.41 Å². The largest absolute Gasteiger partial charge is 0.489 e. The van der Waals surface area contributed by atoms with Gasteiger partial charge in [-0.25, -0.2) is 17.5 Å². The predicted molar refractivity (Wildman–Crippen MR) is 121 cm³/mol. The molecule has 0 amide bonds. The van der Waals surface area contributed by atoms with Crippen LogP contribution in [0.4, 0.5) is 4.39 Å². The first-order chi connectivity index (χ1) is 15.4. The van der Waals surface area contributed by atoms with Crippen molar-refractivity contribution in [1.29, 1.82) is 0 Å². The van der Waals surface area contributed by atoms with Crippen LogP contribution in [-0.4, -0.2) is 50.9 Å². The molecule has 1 saturated heterocycles. The molecule has 5 nitrogen and oxygen atoms in total. The quantitative estimate of drug-likeness (QED) is 0.490. The number of ether oxygens (including phenoxy) is 1. The highest BCUT2D eigenvalue weighted by Crippen LogP contribution is 2.76. The topological polar surface area (TPSA) is 58.4 Å². The second kappa shape index (κ2) is 7.27. The number of benzene rings is 2. The minimum Gasteiger partial charge on any atom is -0.489 e. The minimum atomic E-state index is -3.28. The number of nitrogens with zero attached hydrogens (tertiary/aromatic N) is 1. The van der Waals surface area contributed by atoms with E-state index in [1.54, 1.807) is 6.07 Å². The third-order valence-corrected chi connectivity index (χ3v) is 10.2. The Kier molecular flexibility index (Phi) is 4.69. The van der Waals surface area contributed by atoms with Crippen molar-refractivity contribution < 1.29 is 17.5 Å². The molecule has 7 heteroatoms. The molecule has 3 atom stereocenters. The van der Waals surface area contributed by atoms with Crippen LogP contribution in [0.15, 0.2) is 42.5 Å². The van der Waals surface area contributed by atoms with Crippen LogP contribution in [0.3, 0.4) is 0 Å². The van der Waals surface area contributed by atoms with Crippen molar-refractivity contribution >= 4 is 10.0 Å². The Morgan fingerprint density at radius 3 is 2.59 bits per heavy atom. The number of nitrogens with one attached hydrogen (secondary N) is 1. The molecule has 3 fully saturated rings. The van der Waals surface area contributed by atoms with Crippen LogP contribution in [-0.2, 0) is 22.9 Å². The zero-order valence-corrected chi connectivity index (χ0v) is 19.1. The molecule has 6 rings (SSSR count). The van der Waals surface area contributed by atoms with E-state index < -0.39 is 10.0 Å². The second-order valence-electron chi connectivity index (χ2n) is 9.91. The number of likely N-dealkylation sites (N-methyl/N-ethyl adjacent to an activating group) is 1. The molecule has 32 heavy (non-hydrogen) atoms. The lowest BCUT2D eigenvalue weighted by molar-refractivity contribution is 0.226. The number of hydrogen-bond acceptors (Lipinski definition) is 4. The fourth-order valence-corrected chi connectivity index (χ4v) is 7.85. The lowest BCUT2D eigenvalue weighted by atomic mass is 9.81. The molecule has 1 spiro atoms. The molecular weight excluding hydrogens is 427 g/mol. The molecule has 0 bridgehead atoms. The fraction of sp³-hybridized carbons (Fsp3) is 0.520. The Balaban J connectivity index is 1.18. The van der Waals surface area contributed by atoms with Crippen molar-refractivity contribution in [3.63, 3.8) is 0 Å². The summed E-state index contributed by atoms with van der Waals surface area (Å²) in [6, 6.07) is 15.2. The smallest absolute Gasteiger partial charge is 0.214 e. The van der Waals surface area contributed by atoms with Crippen LogP contribution in [0.25, 0.3) is 0 Å². The minimum absolute atomic E-state index is 0.115. The number of rotatable bonds is 8. The molecule has 3 unspecified atom stereocenters. The molecule has 170 valence electrons. The average molecular weight is 457 g/mol. The number of likely N-dealkylation sites (tertiary alicyclic amines) is 1. The van der Waals surface area contributed by atoms with E-state index in [0.717, 1.165) is 37.7 Å². The van der Waals surface area contributed by atoms with Gasteiger partial charge in [-0.1, -0.05) is 36.8 Å². The van der Waals surface area contributed by atoms with Gasteiger partial charge in [0, 0.05) is 24.0 Å². The molecule has 0 aromatic heterocycles. The van der Waals surface area contributed by atoms with Crippen LogP contribution in [0.2, 0.25) is 0 Å². The van der Waals surface area contributed by atoms with Crippen LogP contribution in [0.1, 0.15) is 41.9 Å². The molecule has 3 aliphatic carbocycles. The van der Waals surface area contributed by atoms with Crippen LogP contribution in [0, 0.1) is 11.2 Å². The summed E-state index contributed by atoms with van der Waals surface area (Å²) < 4.78 is 47.5. The summed E-state index contributed by atoms with van der Waals surface area (Å²) in [5.74, 6) is 0.222. The Morgan fingerprint density at radius 1 is 1.19 bits per heavy atom. The van der Waals surface area contributed by atoms with Gasteiger partial charge in [-0.3, -0.25) is 4.90 Å². The van der Waals surface area contributed by atoms with Gasteiger partial charge in [0.05, 0.1) is 5.25 Å². The van der Waals surface area contributed by atoms with Gasteiger partial charge in [-0.2, -0.15) is 0 Å². The molecule has 2 aromatic rings. The van der Waals surface area contributed by atoms with Gasteiger partial charge >= 0.3 is 0 Å². The predicted octanol–water partition coefficient (Wildman–Crippen LogP) is 3.24. The monoisotopic (exact) mass is 456 g/mol. The summed E-state index contributed by atoms with van der Waals surface area (Å²) in [5, 5.41) is -0.280. The number of hydrogen-bond donors (Lipinski definition) is 1. The van der Waals surface area contributed by atoms with Crippen LogP contribution >= 0.6 is 0 Å². The van der Waals surface area contributed by atoms with Gasteiger partial charge in [0.2, 0.25) is 10.0 Å². The maximum Gasteiger partial charge on any atom is 0.214 e. The van der Waals surface area contributed by atoms with E-state index in [-0.39, 0.29) is 35.4 Å². The van der Waals surface area contributed by atoms with E-state index in [4.69, 9.17) is 4.74 Å². The molecule has 1 heterocycles. The van der Waals surface area contributed by atoms with Crippen LogP contribution in [0.5, 0.6) is 5.75 Å². The van der Waals surface area contributed by atoms with Crippen molar-refractivity contribution in [1.82, 2.24) is 9.62 Å². The highest BCUT2D eigenvalue weighted by molar-refractivity contribution is 7.90. The fourth-order valence-electron chi connectivity index (χ4n) is 6.29. The summed E-state index contributed by atoms with van der Waals surface area (Å²) >= 11 is 0. The molecule has 1 aliphatic heterocycles. The maximum absolute atomic E-state index is 14.8. The summed E-state index contributed by atoms with van der Waals surface area (Å²) in [5.41, 5.74) is 3.83. The van der Waals surface area contributed by atoms with Crippen molar-refractivity contribution in [2.45, 2.75) is 55.4 Å². The summed E-state index contributed by atoms with van der Waals surface area (Å²) in [6.45, 7) is 0.270. The summed E-state index contributed by atoms with van der Waals surface area (Å²) in [6.07, 6.45) is 4.28. The van der Waals surface area contributed by atoms with E-state index >= 15 is 0 Å². The number of halogens is 1. The van der Waals surface area contributed by atoms with Gasteiger partial charge in [0.25, 0.3) is 0 Å². The SMILES string of the molecule is CN1C2C1C21Cc2cc(F)c(OCCNS(=O)(=O)C3CCC3)cc2C1Cc1ccccc1. The maximum atomic E-state index is 14.8. The number of fused-ring (bicyclic) bond motifs is 4. The first kappa shape index (κ1) is 20.6. The Morgan fingerprint density at radius 2 is 1.94 bits per heavy atom. The Hall–Kier alpha value is -1.96. The zero-order chi connectivity index (χ0) is 22.1. The molecule has 0 radical (unpaired) electrons. The van der Waals surface area contributed by atoms with E-state index in [1.807, 2.05) is 12.1 Å². The van der Waals surface area contributed by atoms with Crippen LogP contribution < -0.4 is 9.46 Å². The van der Waals surface area contributed by atoms with E-state index in [9.17, 15) is 12.8 Å². The highest BCUT2D eigenvalue weighted by atomic mass is 32.2. The molecule has 2 saturated carbocycles. The third kappa shape index (κ3) is 3.12. The van der Waals surface area contributed by atoms with Crippen molar-refractivity contribution in [2.75, 3.05) is 20.2 Å².